The molecule has 128 valence electrons. The second kappa shape index (κ2) is 7.99. The molecule has 0 radical (unpaired) electrons. The minimum Gasteiger partial charge on any atom is -0.484 e. The van der Waals surface area contributed by atoms with Crippen LogP contribution in [0, 0.1) is 13.8 Å². The van der Waals surface area contributed by atoms with Gasteiger partial charge in [-0.15, -0.1) is 11.3 Å². The van der Waals surface area contributed by atoms with Gasteiger partial charge in [0.15, 0.2) is 6.61 Å². The molecule has 3 rings (SSSR count). The van der Waals surface area contributed by atoms with Crippen LogP contribution in [-0.4, -0.2) is 12.5 Å². The molecule has 0 aliphatic rings. The van der Waals surface area contributed by atoms with Crippen LogP contribution in [0.1, 0.15) is 16.0 Å². The highest BCUT2D eigenvalue weighted by molar-refractivity contribution is 7.10. The molecular formula is C21H21NO2S. The molecule has 0 spiro atoms. The van der Waals surface area contributed by atoms with Gasteiger partial charge in [0.05, 0.1) is 6.54 Å². The highest BCUT2D eigenvalue weighted by Gasteiger charge is 2.18. The molecule has 4 heteroatoms. The van der Waals surface area contributed by atoms with E-state index in [1.807, 2.05) is 61.5 Å². The zero-order valence-corrected chi connectivity index (χ0v) is 15.3. The fourth-order valence-corrected chi connectivity index (χ4v) is 3.39. The number of thiophene rings is 1. The predicted octanol–water partition coefficient (Wildman–Crippen LogP) is 4.98. The van der Waals surface area contributed by atoms with Gasteiger partial charge in [-0.3, -0.25) is 4.79 Å². The summed E-state index contributed by atoms with van der Waals surface area (Å²) in [5, 5.41) is 2.06. The molecule has 0 bridgehead atoms. The summed E-state index contributed by atoms with van der Waals surface area (Å²) in [4.78, 5) is 15.8. The number of anilines is 1. The van der Waals surface area contributed by atoms with Crippen LogP contribution in [0.3, 0.4) is 0 Å². The van der Waals surface area contributed by atoms with Crippen LogP contribution >= 0.6 is 11.3 Å². The summed E-state index contributed by atoms with van der Waals surface area (Å²) in [7, 11) is 0. The number of hydrogen-bond acceptors (Lipinski definition) is 3. The first-order valence-electron chi connectivity index (χ1n) is 8.21. The number of amides is 1. The molecule has 2 aromatic carbocycles. The summed E-state index contributed by atoms with van der Waals surface area (Å²) in [5.74, 6) is 0.652. The Morgan fingerprint density at radius 2 is 1.72 bits per heavy atom. The van der Waals surface area contributed by atoms with Gasteiger partial charge in [0.25, 0.3) is 5.91 Å². The van der Waals surface area contributed by atoms with E-state index in [0.29, 0.717) is 12.3 Å². The lowest BCUT2D eigenvalue weighted by Gasteiger charge is -2.23. The fraction of sp³-hybridized carbons (Fsp3) is 0.190. The van der Waals surface area contributed by atoms with Crippen LogP contribution in [0.4, 0.5) is 5.69 Å². The van der Waals surface area contributed by atoms with Crippen molar-refractivity contribution in [3.05, 3.63) is 82.0 Å². The maximum Gasteiger partial charge on any atom is 0.265 e. The lowest BCUT2D eigenvalue weighted by molar-refractivity contribution is -0.120. The Morgan fingerprint density at radius 1 is 1.00 bits per heavy atom. The van der Waals surface area contributed by atoms with Crippen molar-refractivity contribution >= 4 is 22.9 Å². The normalized spacial score (nSPS) is 10.5. The Bertz CT molecular complexity index is 825. The van der Waals surface area contributed by atoms with E-state index in [1.54, 1.807) is 16.2 Å². The summed E-state index contributed by atoms with van der Waals surface area (Å²) < 4.78 is 5.69. The van der Waals surface area contributed by atoms with Gasteiger partial charge in [-0.05, 0) is 55.1 Å². The average molecular weight is 351 g/mol. The zero-order valence-electron chi connectivity index (χ0n) is 14.4. The van der Waals surface area contributed by atoms with E-state index in [-0.39, 0.29) is 12.5 Å². The highest BCUT2D eigenvalue weighted by atomic mass is 32.1. The number of carbonyl (C=O) groups is 1. The molecule has 0 N–H and O–H groups in total. The molecule has 25 heavy (non-hydrogen) atoms. The van der Waals surface area contributed by atoms with Gasteiger partial charge in [-0.25, -0.2) is 0 Å². The minimum absolute atomic E-state index is 0.0162. The quantitative estimate of drug-likeness (QED) is 0.627. The first-order chi connectivity index (χ1) is 12.1. The molecule has 0 saturated carbocycles. The number of ether oxygens (including phenoxy) is 1. The molecule has 0 aliphatic carbocycles. The van der Waals surface area contributed by atoms with E-state index >= 15 is 0 Å². The van der Waals surface area contributed by atoms with Crippen molar-refractivity contribution in [1.29, 1.82) is 0 Å². The molecule has 3 nitrogen and oxygen atoms in total. The maximum atomic E-state index is 12.8. The van der Waals surface area contributed by atoms with E-state index in [4.69, 9.17) is 4.74 Å². The SMILES string of the molecule is Cc1ccc(OCC(=O)N(Cc2sccc2C)c2ccccc2)cc1. The van der Waals surface area contributed by atoms with E-state index in [9.17, 15) is 4.79 Å². The number of nitrogens with zero attached hydrogens (tertiary/aromatic N) is 1. The van der Waals surface area contributed by atoms with E-state index in [0.717, 1.165) is 11.3 Å². The van der Waals surface area contributed by atoms with E-state index in [1.165, 1.54) is 10.4 Å². The van der Waals surface area contributed by atoms with Gasteiger partial charge < -0.3 is 9.64 Å². The molecule has 1 aromatic heterocycles. The van der Waals surface area contributed by atoms with Gasteiger partial charge in [0, 0.05) is 10.6 Å². The smallest absolute Gasteiger partial charge is 0.265 e. The molecule has 3 aromatic rings. The number of aryl methyl sites for hydroxylation is 2. The second-order valence-corrected chi connectivity index (χ2v) is 6.94. The topological polar surface area (TPSA) is 29.5 Å². The predicted molar refractivity (Wildman–Crippen MR) is 103 cm³/mol. The van der Waals surface area contributed by atoms with Gasteiger partial charge in [0.1, 0.15) is 5.75 Å². The molecule has 0 unspecified atom stereocenters. The largest absolute Gasteiger partial charge is 0.484 e. The second-order valence-electron chi connectivity index (χ2n) is 5.94. The van der Waals surface area contributed by atoms with E-state index < -0.39 is 0 Å². The number of carbonyl (C=O) groups excluding carboxylic acids is 1. The van der Waals surface area contributed by atoms with Crippen molar-refractivity contribution in [2.75, 3.05) is 11.5 Å². The third-order valence-electron chi connectivity index (χ3n) is 4.02. The lowest BCUT2D eigenvalue weighted by Crippen LogP contribution is -2.34. The average Bonchev–Trinajstić information content (AvgIpc) is 3.04. The molecular weight excluding hydrogens is 330 g/mol. The third-order valence-corrected chi connectivity index (χ3v) is 5.03. The van der Waals surface area contributed by atoms with Gasteiger partial charge in [-0.1, -0.05) is 35.9 Å². The number of rotatable bonds is 6. The molecule has 0 saturated heterocycles. The number of para-hydroxylation sites is 1. The molecule has 1 amide bonds. The summed E-state index contributed by atoms with van der Waals surface area (Å²) in [6.45, 7) is 4.67. The Hall–Kier alpha value is -2.59. The van der Waals surface area contributed by atoms with E-state index in [2.05, 4.69) is 18.4 Å². The van der Waals surface area contributed by atoms with Crippen molar-refractivity contribution in [2.24, 2.45) is 0 Å². The van der Waals surface area contributed by atoms with Crippen LogP contribution in [0.5, 0.6) is 5.75 Å². The van der Waals surface area contributed by atoms with Crippen LogP contribution in [0.2, 0.25) is 0 Å². The number of benzene rings is 2. The van der Waals surface area contributed by atoms with Gasteiger partial charge in [0.2, 0.25) is 0 Å². The van der Waals surface area contributed by atoms with Crippen LogP contribution in [0.25, 0.3) is 0 Å². The van der Waals surface area contributed by atoms with Crippen molar-refractivity contribution in [2.45, 2.75) is 20.4 Å². The standard InChI is InChI=1S/C21H21NO2S/c1-16-8-10-19(11-9-16)24-15-21(23)22(18-6-4-3-5-7-18)14-20-17(2)12-13-25-20/h3-13H,14-15H2,1-2H3. The minimum atomic E-state index is -0.0559. The molecule has 0 fully saturated rings. The molecule has 0 atom stereocenters. The Balaban J connectivity index is 1.75. The summed E-state index contributed by atoms with van der Waals surface area (Å²) in [6.07, 6.45) is 0. The van der Waals surface area contributed by atoms with Gasteiger partial charge in [-0.2, -0.15) is 0 Å². The summed E-state index contributed by atoms with van der Waals surface area (Å²) in [5.41, 5.74) is 3.25. The Labute approximate surface area is 152 Å². The monoisotopic (exact) mass is 351 g/mol. The van der Waals surface area contributed by atoms with Crippen LogP contribution < -0.4 is 9.64 Å². The fourth-order valence-electron chi connectivity index (χ4n) is 2.50. The maximum absolute atomic E-state index is 12.8. The molecule has 0 aliphatic heterocycles. The molecule has 1 heterocycles. The first kappa shape index (κ1) is 17.2. The summed E-state index contributed by atoms with van der Waals surface area (Å²) in [6, 6.07) is 19.5. The summed E-state index contributed by atoms with van der Waals surface area (Å²) >= 11 is 1.67. The van der Waals surface area contributed by atoms with Crippen molar-refractivity contribution in [3.63, 3.8) is 0 Å². The third kappa shape index (κ3) is 4.48. The van der Waals surface area contributed by atoms with Gasteiger partial charge >= 0.3 is 0 Å². The Kier molecular flexibility index (Phi) is 5.51. The first-order valence-corrected chi connectivity index (χ1v) is 9.09. The van der Waals surface area contributed by atoms with Crippen molar-refractivity contribution < 1.29 is 9.53 Å². The lowest BCUT2D eigenvalue weighted by atomic mass is 10.2. The van der Waals surface area contributed by atoms with Crippen molar-refractivity contribution in [1.82, 2.24) is 0 Å². The Morgan fingerprint density at radius 3 is 2.36 bits per heavy atom. The zero-order chi connectivity index (χ0) is 17.6. The van der Waals surface area contributed by atoms with Crippen molar-refractivity contribution in [3.8, 4) is 5.75 Å². The highest BCUT2D eigenvalue weighted by Crippen LogP contribution is 2.23. The van der Waals surface area contributed by atoms with Crippen LogP contribution in [0.15, 0.2) is 66.0 Å². The van der Waals surface area contributed by atoms with Crippen LogP contribution in [-0.2, 0) is 11.3 Å². The number of hydrogen-bond donors (Lipinski definition) is 0.